The van der Waals surface area contributed by atoms with E-state index in [1.807, 2.05) is 31.2 Å². The van der Waals surface area contributed by atoms with Crippen molar-refractivity contribution in [3.8, 4) is 11.5 Å². The van der Waals surface area contributed by atoms with Crippen LogP contribution in [0.25, 0.3) is 17.0 Å². The minimum absolute atomic E-state index is 0.480. The van der Waals surface area contributed by atoms with Gasteiger partial charge in [-0.1, -0.05) is 22.5 Å². The van der Waals surface area contributed by atoms with Crippen LogP contribution in [0.2, 0.25) is 0 Å². The fourth-order valence-corrected chi connectivity index (χ4v) is 1.37. The molecule has 0 N–H and O–H groups in total. The Morgan fingerprint density at radius 1 is 1.27 bits per heavy atom. The molecule has 2 aromatic rings. The van der Waals surface area contributed by atoms with Crippen molar-refractivity contribution in [2.45, 2.75) is 6.92 Å². The maximum atomic E-state index is 5.43. The van der Waals surface area contributed by atoms with Crippen molar-refractivity contribution in [1.82, 2.24) is 10.2 Å². The number of benzene rings is 1. The third kappa shape index (κ3) is 2.15. The molecular weight excluding hydrogens is 256 g/mol. The molecule has 3 nitrogen and oxygen atoms in total. The van der Waals surface area contributed by atoms with E-state index in [1.165, 1.54) is 0 Å². The molecule has 0 aliphatic carbocycles. The van der Waals surface area contributed by atoms with Crippen LogP contribution in [0.15, 0.2) is 39.7 Å². The lowest BCUT2D eigenvalue weighted by molar-refractivity contribution is 0.553. The van der Waals surface area contributed by atoms with E-state index in [4.69, 9.17) is 4.42 Å². The molecule has 0 fully saturated rings. The van der Waals surface area contributed by atoms with E-state index in [0.717, 1.165) is 15.6 Å². The molecule has 0 unspecified atom stereocenters. The standard InChI is InChI=1S/C11H9BrN2O/c1-7(2)10-13-14-11(15-10)8-3-5-9(12)6-4-8/h3-6H,1H2,2H3. The van der Waals surface area contributed by atoms with Crippen LogP contribution in [0.1, 0.15) is 12.8 Å². The Balaban J connectivity index is 2.37. The molecule has 76 valence electrons. The summed E-state index contributed by atoms with van der Waals surface area (Å²) in [5.41, 5.74) is 1.67. The first-order valence-corrected chi connectivity index (χ1v) is 5.21. The normalized spacial score (nSPS) is 10.3. The van der Waals surface area contributed by atoms with Gasteiger partial charge in [0.1, 0.15) is 0 Å². The van der Waals surface area contributed by atoms with Crippen LogP contribution in [0, 0.1) is 0 Å². The first kappa shape index (κ1) is 10.1. The molecule has 2 rings (SSSR count). The summed E-state index contributed by atoms with van der Waals surface area (Å²) in [7, 11) is 0. The van der Waals surface area contributed by atoms with Crippen molar-refractivity contribution in [3.05, 3.63) is 41.2 Å². The van der Waals surface area contributed by atoms with Gasteiger partial charge in [0.2, 0.25) is 11.8 Å². The molecule has 0 aliphatic heterocycles. The van der Waals surface area contributed by atoms with Crippen LogP contribution in [0.4, 0.5) is 0 Å². The van der Waals surface area contributed by atoms with E-state index in [1.54, 1.807) is 0 Å². The predicted molar refractivity (Wildman–Crippen MR) is 62.1 cm³/mol. The topological polar surface area (TPSA) is 38.9 Å². The van der Waals surface area contributed by atoms with Crippen molar-refractivity contribution < 1.29 is 4.42 Å². The van der Waals surface area contributed by atoms with Gasteiger partial charge in [0.25, 0.3) is 0 Å². The molecule has 1 aromatic heterocycles. The van der Waals surface area contributed by atoms with Gasteiger partial charge in [-0.25, -0.2) is 0 Å². The van der Waals surface area contributed by atoms with Crippen molar-refractivity contribution in [2.75, 3.05) is 0 Å². The van der Waals surface area contributed by atoms with E-state index in [0.29, 0.717) is 11.8 Å². The molecule has 1 aromatic carbocycles. The van der Waals surface area contributed by atoms with E-state index in [2.05, 4.69) is 32.7 Å². The zero-order valence-corrected chi connectivity index (χ0v) is 9.78. The Hall–Kier alpha value is -1.42. The summed E-state index contributed by atoms with van der Waals surface area (Å²) < 4.78 is 6.45. The van der Waals surface area contributed by atoms with Gasteiger partial charge in [0.15, 0.2) is 0 Å². The lowest BCUT2D eigenvalue weighted by Crippen LogP contribution is -1.76. The zero-order chi connectivity index (χ0) is 10.8. The number of hydrogen-bond acceptors (Lipinski definition) is 3. The van der Waals surface area contributed by atoms with Gasteiger partial charge in [-0.2, -0.15) is 0 Å². The van der Waals surface area contributed by atoms with Gasteiger partial charge in [-0.15, -0.1) is 10.2 Å². The summed E-state index contributed by atoms with van der Waals surface area (Å²) in [5, 5.41) is 7.83. The zero-order valence-electron chi connectivity index (χ0n) is 8.20. The first-order chi connectivity index (χ1) is 7.16. The molecule has 0 saturated heterocycles. The molecular formula is C11H9BrN2O. The van der Waals surface area contributed by atoms with Gasteiger partial charge in [0.05, 0.1) is 0 Å². The Morgan fingerprint density at radius 2 is 1.93 bits per heavy atom. The molecule has 0 aliphatic rings. The number of rotatable bonds is 2. The summed E-state index contributed by atoms with van der Waals surface area (Å²) in [5.74, 6) is 0.994. The molecule has 0 saturated carbocycles. The number of halogens is 1. The Labute approximate surface area is 96.0 Å². The van der Waals surface area contributed by atoms with Gasteiger partial charge >= 0.3 is 0 Å². The predicted octanol–water partition coefficient (Wildman–Crippen LogP) is 3.53. The Kier molecular flexibility index (Phi) is 2.68. The maximum absolute atomic E-state index is 5.43. The van der Waals surface area contributed by atoms with Crippen LogP contribution >= 0.6 is 15.9 Å². The Morgan fingerprint density at radius 3 is 2.47 bits per heavy atom. The van der Waals surface area contributed by atoms with Crippen molar-refractivity contribution in [3.63, 3.8) is 0 Å². The van der Waals surface area contributed by atoms with Crippen molar-refractivity contribution >= 4 is 21.5 Å². The summed E-state index contributed by atoms with van der Waals surface area (Å²) in [6.07, 6.45) is 0. The van der Waals surface area contributed by atoms with Crippen LogP contribution in [-0.2, 0) is 0 Å². The second-order valence-corrected chi connectivity index (χ2v) is 4.12. The first-order valence-electron chi connectivity index (χ1n) is 4.42. The Bertz CT molecular complexity index is 488. The van der Waals surface area contributed by atoms with Gasteiger partial charge in [0, 0.05) is 15.6 Å². The average molecular weight is 265 g/mol. The molecule has 0 amide bonds. The fraction of sp³-hybridized carbons (Fsp3) is 0.0909. The minimum atomic E-state index is 0.480. The van der Waals surface area contributed by atoms with E-state index < -0.39 is 0 Å². The molecule has 0 spiro atoms. The number of hydrogen-bond donors (Lipinski definition) is 0. The molecule has 4 heteroatoms. The second kappa shape index (κ2) is 3.98. The number of allylic oxidation sites excluding steroid dienone is 1. The largest absolute Gasteiger partial charge is 0.417 e. The maximum Gasteiger partial charge on any atom is 0.248 e. The van der Waals surface area contributed by atoms with Gasteiger partial charge < -0.3 is 4.42 Å². The van der Waals surface area contributed by atoms with Crippen LogP contribution in [-0.4, -0.2) is 10.2 Å². The average Bonchev–Trinajstić information content (AvgIpc) is 2.68. The highest BCUT2D eigenvalue weighted by molar-refractivity contribution is 9.10. The molecule has 0 radical (unpaired) electrons. The van der Waals surface area contributed by atoms with Gasteiger partial charge in [-0.05, 0) is 31.2 Å². The molecule has 1 heterocycles. The lowest BCUT2D eigenvalue weighted by Gasteiger charge is -1.94. The smallest absolute Gasteiger partial charge is 0.248 e. The van der Waals surface area contributed by atoms with Crippen molar-refractivity contribution in [2.24, 2.45) is 0 Å². The molecule has 0 atom stereocenters. The van der Waals surface area contributed by atoms with Crippen LogP contribution < -0.4 is 0 Å². The lowest BCUT2D eigenvalue weighted by atomic mass is 10.2. The third-order valence-corrected chi connectivity index (χ3v) is 2.41. The van der Waals surface area contributed by atoms with Crippen LogP contribution in [0.3, 0.4) is 0 Å². The number of nitrogens with zero attached hydrogens (tertiary/aromatic N) is 2. The second-order valence-electron chi connectivity index (χ2n) is 3.20. The highest BCUT2D eigenvalue weighted by Crippen LogP contribution is 2.22. The van der Waals surface area contributed by atoms with Gasteiger partial charge in [-0.3, -0.25) is 0 Å². The highest BCUT2D eigenvalue weighted by Gasteiger charge is 2.08. The minimum Gasteiger partial charge on any atom is -0.417 e. The summed E-state index contributed by atoms with van der Waals surface area (Å²) in [4.78, 5) is 0. The molecule has 15 heavy (non-hydrogen) atoms. The summed E-state index contributed by atoms with van der Waals surface area (Å²) in [6.45, 7) is 5.57. The van der Waals surface area contributed by atoms with E-state index >= 15 is 0 Å². The summed E-state index contributed by atoms with van der Waals surface area (Å²) >= 11 is 3.37. The molecule has 0 bridgehead atoms. The van der Waals surface area contributed by atoms with E-state index in [9.17, 15) is 0 Å². The summed E-state index contributed by atoms with van der Waals surface area (Å²) in [6, 6.07) is 7.69. The van der Waals surface area contributed by atoms with Crippen molar-refractivity contribution in [1.29, 1.82) is 0 Å². The van der Waals surface area contributed by atoms with Crippen LogP contribution in [0.5, 0.6) is 0 Å². The number of aromatic nitrogens is 2. The highest BCUT2D eigenvalue weighted by atomic mass is 79.9. The quantitative estimate of drug-likeness (QED) is 0.833. The monoisotopic (exact) mass is 264 g/mol. The fourth-order valence-electron chi connectivity index (χ4n) is 1.10. The third-order valence-electron chi connectivity index (χ3n) is 1.88. The van der Waals surface area contributed by atoms with E-state index in [-0.39, 0.29) is 0 Å². The SMILES string of the molecule is C=C(C)c1nnc(-c2ccc(Br)cc2)o1.